The number of nitrogens with one attached hydrogen (secondary N) is 2. The van der Waals surface area contributed by atoms with Crippen molar-refractivity contribution in [3.05, 3.63) is 29.6 Å². The lowest BCUT2D eigenvalue weighted by molar-refractivity contribution is 0.0735. The molecule has 0 radical (unpaired) electrons. The van der Waals surface area contributed by atoms with E-state index >= 15 is 0 Å². The first-order valence-electron chi connectivity index (χ1n) is 8.32. The topological polar surface area (TPSA) is 109 Å². The van der Waals surface area contributed by atoms with Gasteiger partial charge in [-0.05, 0) is 33.6 Å². The molecule has 3 N–H and O–H groups in total. The zero-order valence-corrected chi connectivity index (χ0v) is 14.3. The van der Waals surface area contributed by atoms with Crippen LogP contribution in [0.4, 0.5) is 0 Å². The molecule has 0 bridgehead atoms. The van der Waals surface area contributed by atoms with Crippen LogP contribution in [0.1, 0.15) is 67.6 Å². The summed E-state index contributed by atoms with van der Waals surface area (Å²) in [6.07, 6.45) is 7.27. The van der Waals surface area contributed by atoms with Gasteiger partial charge in [0.25, 0.3) is 5.91 Å². The summed E-state index contributed by atoms with van der Waals surface area (Å²) >= 11 is 0. The number of hydrogen-bond donors (Lipinski definition) is 3. The summed E-state index contributed by atoms with van der Waals surface area (Å²) in [6, 6.07) is 0.0153. The van der Waals surface area contributed by atoms with Crippen molar-refractivity contribution in [2.24, 2.45) is 0 Å². The molecule has 0 saturated heterocycles. The number of hydrogen-bond acceptors (Lipinski definition) is 5. The molecule has 0 aromatic carbocycles. The summed E-state index contributed by atoms with van der Waals surface area (Å²) in [6.45, 7) is 5.18. The Labute approximate surface area is 140 Å². The van der Waals surface area contributed by atoms with Gasteiger partial charge in [-0.2, -0.15) is 0 Å². The Morgan fingerprint density at radius 2 is 2.17 bits per heavy atom. The molecule has 2 heterocycles. The molecule has 0 spiro atoms. The number of nitrogens with zero attached hydrogens (tertiary/aromatic N) is 4. The second-order valence-corrected chi connectivity index (χ2v) is 6.96. The maximum atomic E-state index is 12.4. The van der Waals surface area contributed by atoms with Crippen molar-refractivity contribution in [1.82, 2.24) is 30.3 Å². The van der Waals surface area contributed by atoms with Crippen LogP contribution in [0.15, 0.2) is 12.4 Å². The molecule has 8 nitrogen and oxygen atoms in total. The van der Waals surface area contributed by atoms with Crippen molar-refractivity contribution in [2.45, 2.75) is 64.1 Å². The van der Waals surface area contributed by atoms with Crippen LogP contribution in [-0.2, 0) is 5.60 Å². The summed E-state index contributed by atoms with van der Waals surface area (Å²) in [5.41, 5.74) is -0.0334. The fourth-order valence-electron chi connectivity index (χ4n) is 3.10. The molecule has 24 heavy (non-hydrogen) atoms. The number of amides is 1. The number of H-pyrrole nitrogens is 1. The fourth-order valence-corrected chi connectivity index (χ4v) is 3.10. The van der Waals surface area contributed by atoms with Crippen LogP contribution in [0, 0.1) is 6.92 Å². The third-order valence-electron chi connectivity index (χ3n) is 4.47. The third kappa shape index (κ3) is 3.48. The smallest absolute Gasteiger partial charge is 0.269 e. The van der Waals surface area contributed by atoms with Gasteiger partial charge < -0.3 is 15.4 Å². The van der Waals surface area contributed by atoms with Gasteiger partial charge in [0.1, 0.15) is 22.8 Å². The van der Waals surface area contributed by atoms with Crippen LogP contribution in [0.3, 0.4) is 0 Å². The Hall–Kier alpha value is -2.22. The molecule has 0 aliphatic heterocycles. The van der Waals surface area contributed by atoms with Crippen LogP contribution in [-0.4, -0.2) is 42.0 Å². The molecule has 2 aromatic heterocycles. The zero-order valence-electron chi connectivity index (χ0n) is 14.3. The molecule has 1 fully saturated rings. The first-order valence-corrected chi connectivity index (χ1v) is 8.32. The number of aliphatic hydroxyl groups is 1. The van der Waals surface area contributed by atoms with E-state index in [0.717, 1.165) is 25.7 Å². The second-order valence-electron chi connectivity index (χ2n) is 6.96. The van der Waals surface area contributed by atoms with Gasteiger partial charge in [-0.3, -0.25) is 4.79 Å². The molecule has 1 amide bonds. The van der Waals surface area contributed by atoms with Crippen molar-refractivity contribution in [3.8, 4) is 0 Å². The van der Waals surface area contributed by atoms with E-state index in [-0.39, 0.29) is 18.0 Å². The third-order valence-corrected chi connectivity index (χ3v) is 4.47. The highest BCUT2D eigenvalue weighted by Crippen LogP contribution is 2.29. The predicted octanol–water partition coefficient (Wildman–Crippen LogP) is 1.45. The SMILES string of the molecule is Cc1ncc(C(=O)N[C@H]2CCCC[C@H]2n2cc(C(C)(C)O)nn2)[nH]1. The van der Waals surface area contributed by atoms with Gasteiger partial charge in [-0.15, -0.1) is 5.10 Å². The Balaban J connectivity index is 1.76. The quantitative estimate of drug-likeness (QED) is 0.785. The monoisotopic (exact) mass is 332 g/mol. The van der Waals surface area contributed by atoms with Crippen LogP contribution in [0.25, 0.3) is 0 Å². The van der Waals surface area contributed by atoms with Gasteiger partial charge >= 0.3 is 0 Å². The van der Waals surface area contributed by atoms with E-state index < -0.39 is 5.60 Å². The Kier molecular flexibility index (Phi) is 4.40. The normalized spacial score (nSPS) is 21.7. The average Bonchev–Trinajstić information content (AvgIpc) is 3.16. The van der Waals surface area contributed by atoms with Crippen molar-refractivity contribution in [2.75, 3.05) is 0 Å². The summed E-state index contributed by atoms with van der Waals surface area (Å²) < 4.78 is 1.77. The first kappa shape index (κ1) is 16.6. The van der Waals surface area contributed by atoms with Gasteiger partial charge in [-0.1, -0.05) is 18.1 Å². The van der Waals surface area contributed by atoms with Gasteiger partial charge in [0.15, 0.2) is 0 Å². The van der Waals surface area contributed by atoms with Gasteiger partial charge in [0.2, 0.25) is 0 Å². The lowest BCUT2D eigenvalue weighted by Crippen LogP contribution is -2.43. The van der Waals surface area contributed by atoms with E-state index in [2.05, 4.69) is 25.6 Å². The minimum atomic E-state index is -1.03. The number of aryl methyl sites for hydroxylation is 1. The van der Waals surface area contributed by atoms with E-state index in [1.807, 2.05) is 6.92 Å². The summed E-state index contributed by atoms with van der Waals surface area (Å²) in [4.78, 5) is 19.4. The summed E-state index contributed by atoms with van der Waals surface area (Å²) in [7, 11) is 0. The van der Waals surface area contributed by atoms with Gasteiger partial charge in [-0.25, -0.2) is 9.67 Å². The molecular formula is C16H24N6O2. The van der Waals surface area contributed by atoms with Crippen LogP contribution >= 0.6 is 0 Å². The minimum Gasteiger partial charge on any atom is -0.384 e. The Morgan fingerprint density at radius 3 is 2.79 bits per heavy atom. The number of carbonyl (C=O) groups excluding carboxylic acids is 1. The van der Waals surface area contributed by atoms with Crippen molar-refractivity contribution < 1.29 is 9.90 Å². The number of carbonyl (C=O) groups is 1. The van der Waals surface area contributed by atoms with E-state index in [1.54, 1.807) is 30.9 Å². The predicted molar refractivity (Wildman–Crippen MR) is 87.4 cm³/mol. The largest absolute Gasteiger partial charge is 0.384 e. The zero-order chi connectivity index (χ0) is 17.3. The molecular weight excluding hydrogens is 308 g/mol. The number of rotatable bonds is 4. The lowest BCUT2D eigenvalue weighted by Gasteiger charge is -2.31. The molecule has 2 atom stereocenters. The average molecular weight is 332 g/mol. The first-order chi connectivity index (χ1) is 11.3. The molecule has 0 unspecified atom stereocenters. The molecule has 1 aliphatic rings. The van der Waals surface area contributed by atoms with E-state index in [9.17, 15) is 9.90 Å². The van der Waals surface area contributed by atoms with E-state index in [1.165, 1.54) is 0 Å². The maximum Gasteiger partial charge on any atom is 0.269 e. The molecule has 2 aromatic rings. The molecule has 130 valence electrons. The Bertz CT molecular complexity index is 714. The van der Waals surface area contributed by atoms with Crippen LogP contribution in [0.2, 0.25) is 0 Å². The molecule has 1 saturated carbocycles. The number of imidazole rings is 1. The fraction of sp³-hybridized carbons (Fsp3) is 0.625. The highest BCUT2D eigenvalue weighted by Gasteiger charge is 2.31. The highest BCUT2D eigenvalue weighted by atomic mass is 16.3. The number of aromatic amines is 1. The van der Waals surface area contributed by atoms with E-state index in [4.69, 9.17) is 0 Å². The van der Waals surface area contributed by atoms with Crippen molar-refractivity contribution >= 4 is 5.91 Å². The van der Waals surface area contributed by atoms with Gasteiger partial charge in [0.05, 0.1) is 24.5 Å². The van der Waals surface area contributed by atoms with Gasteiger partial charge in [0, 0.05) is 0 Å². The highest BCUT2D eigenvalue weighted by molar-refractivity contribution is 5.92. The molecule has 8 heteroatoms. The second kappa shape index (κ2) is 6.35. The summed E-state index contributed by atoms with van der Waals surface area (Å²) in [5, 5.41) is 21.4. The standard InChI is InChI=1S/C16H24N6O2/c1-10-17-8-12(18-10)15(23)19-11-6-4-5-7-13(11)22-9-14(20-21-22)16(2,3)24/h8-9,11,13,24H,4-7H2,1-3H3,(H,17,18)(H,19,23)/t11-,13+/m0/s1. The van der Waals surface area contributed by atoms with Crippen LogP contribution in [0.5, 0.6) is 0 Å². The molecule has 1 aliphatic carbocycles. The summed E-state index contributed by atoms with van der Waals surface area (Å²) in [5.74, 6) is 0.557. The van der Waals surface area contributed by atoms with Crippen molar-refractivity contribution in [1.29, 1.82) is 0 Å². The van der Waals surface area contributed by atoms with Crippen molar-refractivity contribution in [3.63, 3.8) is 0 Å². The maximum absolute atomic E-state index is 12.4. The Morgan fingerprint density at radius 1 is 1.42 bits per heavy atom. The van der Waals surface area contributed by atoms with Crippen LogP contribution < -0.4 is 5.32 Å². The lowest BCUT2D eigenvalue weighted by atomic mass is 9.90. The number of aromatic nitrogens is 5. The van der Waals surface area contributed by atoms with E-state index in [0.29, 0.717) is 17.2 Å². The minimum absolute atomic E-state index is 0.0220. The molecule has 3 rings (SSSR count).